The van der Waals surface area contributed by atoms with Gasteiger partial charge in [0, 0.05) is 0 Å². The van der Waals surface area contributed by atoms with Gasteiger partial charge in [0.25, 0.3) is 6.47 Å². The summed E-state index contributed by atoms with van der Waals surface area (Å²) in [6, 6.07) is 0. The molecule has 1 unspecified atom stereocenters. The van der Waals surface area contributed by atoms with Crippen molar-refractivity contribution < 1.29 is 14.3 Å². The van der Waals surface area contributed by atoms with E-state index in [1.165, 1.54) is 6.92 Å². The van der Waals surface area contributed by atoms with Gasteiger partial charge in [0.15, 0.2) is 6.23 Å². The van der Waals surface area contributed by atoms with E-state index in [0.29, 0.717) is 0 Å². The van der Waals surface area contributed by atoms with Crippen LogP contribution in [0.5, 0.6) is 0 Å². The van der Waals surface area contributed by atoms with Gasteiger partial charge in [-0.1, -0.05) is 0 Å². The molecule has 0 amide bonds. The van der Waals surface area contributed by atoms with Crippen LogP contribution in [0.25, 0.3) is 0 Å². The Bertz CT molecular complexity index is 113. The highest BCUT2D eigenvalue weighted by Crippen LogP contribution is 1.88. The molecule has 0 aliphatic heterocycles. The highest BCUT2D eigenvalue weighted by atomic mass is 16.5. The molecule has 0 saturated carbocycles. The Balaban J connectivity index is 3.37. The second kappa shape index (κ2) is 4.03. The molecule has 0 bridgehead atoms. The van der Waals surface area contributed by atoms with Gasteiger partial charge in [-0.25, -0.2) is 0 Å². The molecule has 0 aliphatic carbocycles. The summed E-state index contributed by atoms with van der Waals surface area (Å²) in [6.07, 6.45) is -0.696. The monoisotopic (exact) mass is 131 g/mol. The van der Waals surface area contributed by atoms with Gasteiger partial charge in [0.2, 0.25) is 0 Å². The van der Waals surface area contributed by atoms with Crippen LogP contribution in [0.2, 0.25) is 0 Å². The van der Waals surface area contributed by atoms with Crippen LogP contribution in [0, 0.1) is 0 Å². The van der Waals surface area contributed by atoms with E-state index in [-0.39, 0.29) is 18.7 Å². The Kier molecular flexibility index (Phi) is 3.62. The van der Waals surface area contributed by atoms with Crippen molar-refractivity contribution in [3.8, 4) is 0 Å². The minimum atomic E-state index is -0.778. The summed E-state index contributed by atoms with van der Waals surface area (Å²) in [5, 5.41) is 0. The number of carbonyl (C=O) groups excluding carboxylic acids is 2. The Morgan fingerprint density at radius 2 is 2.44 bits per heavy atom. The number of ketones is 1. The van der Waals surface area contributed by atoms with Crippen LogP contribution in [0.1, 0.15) is 13.3 Å². The van der Waals surface area contributed by atoms with E-state index < -0.39 is 6.23 Å². The Morgan fingerprint density at radius 3 is 2.78 bits per heavy atom. The van der Waals surface area contributed by atoms with Gasteiger partial charge < -0.3 is 4.74 Å². The van der Waals surface area contributed by atoms with Gasteiger partial charge in [-0.3, -0.25) is 15.3 Å². The van der Waals surface area contributed by atoms with Crippen LogP contribution in [-0.2, 0) is 14.3 Å². The predicted molar refractivity (Wildman–Crippen MR) is 30.4 cm³/mol. The van der Waals surface area contributed by atoms with Crippen LogP contribution >= 0.6 is 0 Å². The average molecular weight is 131 g/mol. The van der Waals surface area contributed by atoms with Crippen molar-refractivity contribution in [3.05, 3.63) is 0 Å². The van der Waals surface area contributed by atoms with Crippen LogP contribution < -0.4 is 5.73 Å². The first-order valence-corrected chi connectivity index (χ1v) is 2.51. The number of hydrogen-bond acceptors (Lipinski definition) is 4. The lowest BCUT2D eigenvalue weighted by atomic mass is 10.3. The summed E-state index contributed by atoms with van der Waals surface area (Å²) in [7, 11) is 0. The summed E-state index contributed by atoms with van der Waals surface area (Å²) in [6.45, 7) is 1.61. The lowest BCUT2D eigenvalue weighted by molar-refractivity contribution is -0.135. The first kappa shape index (κ1) is 8.10. The fourth-order valence-electron chi connectivity index (χ4n) is 0.403. The van der Waals surface area contributed by atoms with Crippen molar-refractivity contribution in [1.82, 2.24) is 0 Å². The van der Waals surface area contributed by atoms with Gasteiger partial charge in [-0.05, 0) is 6.92 Å². The molecule has 4 nitrogen and oxygen atoms in total. The van der Waals surface area contributed by atoms with Crippen molar-refractivity contribution in [2.45, 2.75) is 19.6 Å². The molecule has 0 saturated heterocycles. The van der Waals surface area contributed by atoms with E-state index in [4.69, 9.17) is 5.73 Å². The van der Waals surface area contributed by atoms with E-state index in [1.807, 2.05) is 0 Å². The minimum Gasteiger partial charge on any atom is -0.449 e. The largest absolute Gasteiger partial charge is 0.449 e. The van der Waals surface area contributed by atoms with Crippen LogP contribution in [0.4, 0.5) is 0 Å². The molecule has 4 heteroatoms. The summed E-state index contributed by atoms with van der Waals surface area (Å²) in [5.41, 5.74) is 5.11. The summed E-state index contributed by atoms with van der Waals surface area (Å²) < 4.78 is 4.23. The zero-order chi connectivity index (χ0) is 7.28. The number of ether oxygens (including phenoxy) is 1. The van der Waals surface area contributed by atoms with Crippen molar-refractivity contribution in [2.24, 2.45) is 5.73 Å². The normalized spacial score (nSPS) is 12.2. The Morgan fingerprint density at radius 1 is 1.89 bits per heavy atom. The van der Waals surface area contributed by atoms with Gasteiger partial charge in [-0.15, -0.1) is 0 Å². The van der Waals surface area contributed by atoms with Gasteiger partial charge >= 0.3 is 0 Å². The Labute approximate surface area is 53.0 Å². The molecule has 0 aromatic heterocycles. The highest BCUT2D eigenvalue weighted by molar-refractivity contribution is 5.76. The van der Waals surface area contributed by atoms with Gasteiger partial charge in [-0.2, -0.15) is 0 Å². The van der Waals surface area contributed by atoms with Gasteiger partial charge in [0.05, 0.1) is 6.42 Å². The first-order valence-electron chi connectivity index (χ1n) is 2.51. The zero-order valence-electron chi connectivity index (χ0n) is 5.16. The molecule has 1 atom stereocenters. The van der Waals surface area contributed by atoms with Crippen molar-refractivity contribution in [2.75, 3.05) is 0 Å². The number of rotatable bonds is 4. The lowest BCUT2D eigenvalue weighted by Gasteiger charge is -2.04. The third-order valence-corrected chi connectivity index (χ3v) is 0.719. The van der Waals surface area contributed by atoms with Crippen LogP contribution in [-0.4, -0.2) is 18.5 Å². The topological polar surface area (TPSA) is 69.4 Å². The van der Waals surface area contributed by atoms with E-state index in [9.17, 15) is 9.59 Å². The summed E-state index contributed by atoms with van der Waals surface area (Å²) >= 11 is 0. The summed E-state index contributed by atoms with van der Waals surface area (Å²) in [4.78, 5) is 19.8. The molecule has 0 aromatic rings. The molecule has 0 heterocycles. The second-order valence-corrected chi connectivity index (χ2v) is 1.68. The fraction of sp³-hybridized carbons (Fsp3) is 0.600. The third-order valence-electron chi connectivity index (χ3n) is 0.719. The molecule has 0 radical (unpaired) electrons. The molecular weight excluding hydrogens is 122 g/mol. The maximum Gasteiger partial charge on any atom is 0.294 e. The molecule has 0 rings (SSSR count). The second-order valence-electron chi connectivity index (χ2n) is 1.68. The molecule has 0 spiro atoms. The number of carbonyl (C=O) groups is 2. The predicted octanol–water partition coefficient (Wildman–Crippen LogP) is -0.577. The first-order chi connectivity index (χ1) is 4.16. The standard InChI is InChI=1S/C5H9NO3/c1-4(8)2-5(6)9-3-7/h3,5H,2,6H2,1H3. The van der Waals surface area contributed by atoms with E-state index in [2.05, 4.69) is 4.74 Å². The number of hydrogen-bond donors (Lipinski definition) is 1. The van der Waals surface area contributed by atoms with Crippen molar-refractivity contribution >= 4 is 12.3 Å². The molecule has 0 aliphatic rings. The van der Waals surface area contributed by atoms with E-state index in [1.54, 1.807) is 0 Å². The number of Topliss-reactive ketones (excluding diaryl/α,β-unsaturated/α-hetero) is 1. The van der Waals surface area contributed by atoms with E-state index in [0.717, 1.165) is 0 Å². The van der Waals surface area contributed by atoms with Crippen LogP contribution in [0.3, 0.4) is 0 Å². The molecule has 9 heavy (non-hydrogen) atoms. The van der Waals surface area contributed by atoms with Crippen molar-refractivity contribution in [1.29, 1.82) is 0 Å². The third kappa shape index (κ3) is 4.96. The zero-order valence-corrected chi connectivity index (χ0v) is 5.16. The smallest absolute Gasteiger partial charge is 0.294 e. The fourth-order valence-corrected chi connectivity index (χ4v) is 0.403. The molecule has 0 aromatic carbocycles. The van der Waals surface area contributed by atoms with E-state index >= 15 is 0 Å². The number of nitrogens with two attached hydrogens (primary N) is 1. The molecular formula is C5H9NO3. The SMILES string of the molecule is CC(=O)CC(N)OC=O. The molecule has 52 valence electrons. The van der Waals surface area contributed by atoms with Gasteiger partial charge in [0.1, 0.15) is 5.78 Å². The quantitative estimate of drug-likeness (QED) is 0.409. The van der Waals surface area contributed by atoms with Crippen LogP contribution in [0.15, 0.2) is 0 Å². The summed E-state index contributed by atoms with van der Waals surface area (Å²) in [5.74, 6) is -0.0932. The maximum atomic E-state index is 10.3. The minimum absolute atomic E-state index is 0.0821. The lowest BCUT2D eigenvalue weighted by Crippen LogP contribution is -2.25. The Hall–Kier alpha value is -0.900. The van der Waals surface area contributed by atoms with Crippen molar-refractivity contribution in [3.63, 3.8) is 0 Å². The molecule has 0 fully saturated rings. The molecule has 2 N–H and O–H groups in total. The maximum absolute atomic E-state index is 10.3. The highest BCUT2D eigenvalue weighted by Gasteiger charge is 2.03. The average Bonchev–Trinajstić information content (AvgIpc) is 1.63.